The van der Waals surface area contributed by atoms with E-state index in [2.05, 4.69) is 18.4 Å². The predicted molar refractivity (Wildman–Crippen MR) is 73.9 cm³/mol. The molecule has 0 unspecified atom stereocenters. The van der Waals surface area contributed by atoms with Crippen molar-refractivity contribution in [3.05, 3.63) is 43.8 Å². The molecule has 0 aliphatic rings. The summed E-state index contributed by atoms with van der Waals surface area (Å²) in [5.41, 5.74) is 2.33. The maximum atomic E-state index is 12.2. The van der Waals surface area contributed by atoms with Crippen LogP contribution < -0.4 is 0 Å². The van der Waals surface area contributed by atoms with Crippen molar-refractivity contribution in [2.45, 2.75) is 20.4 Å². The fourth-order valence-electron chi connectivity index (χ4n) is 1.62. The molecule has 17 heavy (non-hydrogen) atoms. The second-order valence-corrected chi connectivity index (χ2v) is 6.04. The van der Waals surface area contributed by atoms with E-state index in [1.807, 2.05) is 25.4 Å². The van der Waals surface area contributed by atoms with Gasteiger partial charge in [-0.3, -0.25) is 4.79 Å². The number of nitrogens with zero attached hydrogens (tertiary/aromatic N) is 1. The van der Waals surface area contributed by atoms with E-state index in [4.69, 9.17) is 0 Å². The van der Waals surface area contributed by atoms with Crippen molar-refractivity contribution in [3.63, 3.8) is 0 Å². The molecule has 0 radical (unpaired) electrons. The molecule has 1 amide bonds. The lowest BCUT2D eigenvalue weighted by molar-refractivity contribution is 0.0790. The Hall–Kier alpha value is -1.13. The predicted octanol–water partition coefficient (Wildman–Crippen LogP) is 3.70. The summed E-state index contributed by atoms with van der Waals surface area (Å²) in [6, 6.07) is 4.08. The monoisotopic (exact) mass is 265 g/mol. The van der Waals surface area contributed by atoms with Crippen molar-refractivity contribution in [1.82, 2.24) is 4.90 Å². The third kappa shape index (κ3) is 2.58. The Labute approximate surface area is 110 Å². The molecule has 90 valence electrons. The highest BCUT2D eigenvalue weighted by Gasteiger charge is 2.16. The number of amides is 1. The molecule has 0 aromatic carbocycles. The second-order valence-electron chi connectivity index (χ2n) is 4.12. The van der Waals surface area contributed by atoms with Crippen LogP contribution in [0.1, 0.15) is 25.7 Å². The Morgan fingerprint density at radius 2 is 1.82 bits per heavy atom. The van der Waals surface area contributed by atoms with Crippen LogP contribution in [0.4, 0.5) is 0 Å². The highest BCUT2D eigenvalue weighted by atomic mass is 32.1. The van der Waals surface area contributed by atoms with Gasteiger partial charge in [0.2, 0.25) is 0 Å². The first kappa shape index (κ1) is 12.3. The number of hydrogen-bond acceptors (Lipinski definition) is 3. The van der Waals surface area contributed by atoms with Crippen molar-refractivity contribution in [3.8, 4) is 0 Å². The highest BCUT2D eigenvalue weighted by Crippen LogP contribution is 2.21. The summed E-state index contributed by atoms with van der Waals surface area (Å²) < 4.78 is 0. The normalized spacial score (nSPS) is 10.5. The van der Waals surface area contributed by atoms with Crippen molar-refractivity contribution in [2.75, 3.05) is 7.05 Å². The molecule has 0 saturated carbocycles. The molecule has 2 aromatic heterocycles. The molecule has 0 bridgehead atoms. The van der Waals surface area contributed by atoms with Crippen LogP contribution in [0.5, 0.6) is 0 Å². The van der Waals surface area contributed by atoms with E-state index in [0.29, 0.717) is 6.54 Å². The molecule has 2 rings (SSSR count). The Bertz CT molecular complexity index is 527. The SMILES string of the molecule is Cc1ccsc1CN(C)C(=O)c1sccc1C. The van der Waals surface area contributed by atoms with Gasteiger partial charge in [-0.15, -0.1) is 22.7 Å². The Morgan fingerprint density at radius 3 is 2.35 bits per heavy atom. The summed E-state index contributed by atoms with van der Waals surface area (Å²) in [6.45, 7) is 4.76. The summed E-state index contributed by atoms with van der Waals surface area (Å²) in [5.74, 6) is 0.116. The van der Waals surface area contributed by atoms with Crippen LogP contribution in [0.25, 0.3) is 0 Å². The molecule has 0 aliphatic heterocycles. The van der Waals surface area contributed by atoms with Crippen LogP contribution in [-0.4, -0.2) is 17.9 Å². The average molecular weight is 265 g/mol. The lowest BCUT2D eigenvalue weighted by Gasteiger charge is -2.16. The smallest absolute Gasteiger partial charge is 0.264 e. The van der Waals surface area contributed by atoms with Gasteiger partial charge in [0.25, 0.3) is 5.91 Å². The van der Waals surface area contributed by atoms with Gasteiger partial charge in [0.15, 0.2) is 0 Å². The lowest BCUT2D eigenvalue weighted by Crippen LogP contribution is -2.25. The minimum atomic E-state index is 0.116. The van der Waals surface area contributed by atoms with Crippen LogP contribution in [-0.2, 0) is 6.54 Å². The molecule has 0 saturated heterocycles. The summed E-state index contributed by atoms with van der Waals surface area (Å²) >= 11 is 3.22. The summed E-state index contributed by atoms with van der Waals surface area (Å²) in [6.07, 6.45) is 0. The summed E-state index contributed by atoms with van der Waals surface area (Å²) in [4.78, 5) is 16.1. The van der Waals surface area contributed by atoms with E-state index in [1.165, 1.54) is 21.8 Å². The first-order chi connectivity index (χ1) is 8.09. The molecular weight excluding hydrogens is 250 g/mol. The third-order valence-electron chi connectivity index (χ3n) is 2.75. The van der Waals surface area contributed by atoms with Gasteiger partial charge in [-0.2, -0.15) is 0 Å². The molecule has 0 aliphatic carbocycles. The fraction of sp³-hybridized carbons (Fsp3) is 0.308. The number of carbonyl (C=O) groups excluding carboxylic acids is 1. The van der Waals surface area contributed by atoms with Gasteiger partial charge in [0.05, 0.1) is 11.4 Å². The number of rotatable bonds is 3. The van der Waals surface area contributed by atoms with Crippen molar-refractivity contribution in [2.24, 2.45) is 0 Å². The van der Waals surface area contributed by atoms with Gasteiger partial charge in [-0.1, -0.05) is 0 Å². The van der Waals surface area contributed by atoms with Gasteiger partial charge in [-0.25, -0.2) is 0 Å². The molecular formula is C13H15NOS2. The van der Waals surface area contributed by atoms with E-state index in [0.717, 1.165) is 10.4 Å². The average Bonchev–Trinajstić information content (AvgIpc) is 2.88. The zero-order valence-corrected chi connectivity index (χ0v) is 11.8. The van der Waals surface area contributed by atoms with Crippen LogP contribution in [0.15, 0.2) is 22.9 Å². The quantitative estimate of drug-likeness (QED) is 0.828. The highest BCUT2D eigenvalue weighted by molar-refractivity contribution is 7.12. The first-order valence-electron chi connectivity index (χ1n) is 5.42. The second kappa shape index (κ2) is 5.02. The van der Waals surface area contributed by atoms with Crippen LogP contribution in [0.2, 0.25) is 0 Å². The van der Waals surface area contributed by atoms with E-state index in [-0.39, 0.29) is 5.91 Å². The van der Waals surface area contributed by atoms with Crippen LogP contribution in [0.3, 0.4) is 0 Å². The standard InChI is InChI=1S/C13H15NOS2/c1-9-4-6-16-11(9)8-14(3)13(15)12-10(2)5-7-17-12/h4-7H,8H2,1-3H3. The Morgan fingerprint density at radius 1 is 1.18 bits per heavy atom. The van der Waals surface area contributed by atoms with Crippen molar-refractivity contribution < 1.29 is 4.79 Å². The maximum absolute atomic E-state index is 12.2. The van der Waals surface area contributed by atoms with Gasteiger partial charge >= 0.3 is 0 Å². The number of aryl methyl sites for hydroxylation is 2. The first-order valence-corrected chi connectivity index (χ1v) is 7.18. The number of hydrogen-bond donors (Lipinski definition) is 0. The molecule has 2 nitrogen and oxygen atoms in total. The Kier molecular flexibility index (Phi) is 3.64. The Balaban J connectivity index is 2.11. The van der Waals surface area contributed by atoms with E-state index in [1.54, 1.807) is 16.2 Å². The number of thiophene rings is 2. The molecule has 2 heterocycles. The van der Waals surface area contributed by atoms with Gasteiger partial charge < -0.3 is 4.90 Å². The molecule has 0 fully saturated rings. The summed E-state index contributed by atoms with van der Waals surface area (Å²) in [7, 11) is 1.86. The molecule has 0 atom stereocenters. The van der Waals surface area contributed by atoms with Gasteiger partial charge in [0, 0.05) is 11.9 Å². The minimum absolute atomic E-state index is 0.116. The van der Waals surface area contributed by atoms with Crippen LogP contribution in [0, 0.1) is 13.8 Å². The molecule has 2 aromatic rings. The maximum Gasteiger partial charge on any atom is 0.264 e. The largest absolute Gasteiger partial charge is 0.336 e. The fourth-order valence-corrected chi connectivity index (χ4v) is 3.50. The lowest BCUT2D eigenvalue weighted by atomic mass is 10.2. The van der Waals surface area contributed by atoms with Crippen molar-refractivity contribution >= 4 is 28.6 Å². The van der Waals surface area contributed by atoms with Gasteiger partial charge in [-0.05, 0) is 47.9 Å². The van der Waals surface area contributed by atoms with E-state index in [9.17, 15) is 4.79 Å². The third-order valence-corrected chi connectivity index (χ3v) is 4.76. The topological polar surface area (TPSA) is 20.3 Å². The zero-order valence-electron chi connectivity index (χ0n) is 10.2. The van der Waals surface area contributed by atoms with E-state index < -0.39 is 0 Å². The van der Waals surface area contributed by atoms with Crippen LogP contribution >= 0.6 is 22.7 Å². The molecule has 4 heteroatoms. The molecule has 0 spiro atoms. The minimum Gasteiger partial charge on any atom is -0.336 e. The zero-order chi connectivity index (χ0) is 12.4. The van der Waals surface area contributed by atoms with Crippen molar-refractivity contribution in [1.29, 1.82) is 0 Å². The number of carbonyl (C=O) groups is 1. The summed E-state index contributed by atoms with van der Waals surface area (Å²) in [5, 5.41) is 4.03. The molecule has 0 N–H and O–H groups in total. The van der Waals surface area contributed by atoms with Gasteiger partial charge in [0.1, 0.15) is 0 Å². The van der Waals surface area contributed by atoms with E-state index >= 15 is 0 Å².